The molecule has 0 rings (SSSR count). The van der Waals surface area contributed by atoms with Crippen LogP contribution in [0, 0.1) is 0 Å². The van der Waals surface area contributed by atoms with Crippen molar-refractivity contribution in [2.45, 2.75) is 430 Å². The number of carbonyl (C=O) groups is 1. The quantitative estimate of drug-likeness (QED) is 0.0308. The lowest BCUT2D eigenvalue weighted by molar-refractivity contribution is -0.132. The van der Waals surface area contributed by atoms with Gasteiger partial charge in [-0.3, -0.25) is 4.79 Å². The number of aliphatic hydroxyl groups excluding tert-OH is 4. The molecule has 0 spiro atoms. The third-order valence-electron chi connectivity index (χ3n) is 17.6. The van der Waals surface area contributed by atoms with E-state index in [1.165, 1.54) is 334 Å². The SMILES string of the molecule is CCCCCCCCCCCCCCC/C=C\C/C=C\CCCCCCCCCCCCCCCCCCC(O)C(=O)NC(CO)C(O)C(O)CCC/C=C/CCCCCCCCCCCCCCCCCCCCCCCCCC. The molecule has 0 aliphatic rings. The van der Waals surface area contributed by atoms with Crippen molar-refractivity contribution in [1.82, 2.24) is 5.32 Å². The molecule has 0 bridgehead atoms. The summed E-state index contributed by atoms with van der Waals surface area (Å²) in [6.07, 6.45) is 90.1. The summed E-state index contributed by atoms with van der Waals surface area (Å²) in [6.45, 7) is 4.10. The van der Waals surface area contributed by atoms with E-state index in [-0.39, 0.29) is 0 Å². The maximum Gasteiger partial charge on any atom is 0.249 e. The highest BCUT2D eigenvalue weighted by molar-refractivity contribution is 5.80. The number of aliphatic hydroxyl groups is 4. The maximum absolute atomic E-state index is 12.7. The normalized spacial score (nSPS) is 13.6. The van der Waals surface area contributed by atoms with Gasteiger partial charge in [-0.2, -0.15) is 0 Å². The van der Waals surface area contributed by atoms with Crippen LogP contribution in [0.2, 0.25) is 0 Å². The summed E-state index contributed by atoms with van der Waals surface area (Å²) in [5.41, 5.74) is 0. The summed E-state index contributed by atoms with van der Waals surface area (Å²) in [7, 11) is 0. The van der Waals surface area contributed by atoms with Gasteiger partial charge in [-0.05, 0) is 70.6 Å². The molecule has 0 fully saturated rings. The van der Waals surface area contributed by atoms with Crippen LogP contribution < -0.4 is 5.32 Å². The maximum atomic E-state index is 12.7. The molecule has 0 aliphatic heterocycles. The van der Waals surface area contributed by atoms with E-state index < -0.39 is 36.9 Å². The summed E-state index contributed by atoms with van der Waals surface area (Å²) in [5, 5.41) is 44.2. The zero-order valence-electron chi connectivity index (χ0n) is 54.8. The number of hydrogen-bond donors (Lipinski definition) is 5. The predicted molar refractivity (Wildman–Crippen MR) is 357 cm³/mol. The standard InChI is InChI=1S/C75H145NO5/c1-3-5-7-9-11-13-15-17-19-21-23-25-27-29-31-33-34-35-36-37-38-39-41-43-45-47-49-51-53-55-57-59-61-63-65-67-69-73(79)75(81)76-71(70-77)74(80)72(78)68-66-64-62-60-58-56-54-52-50-48-46-44-42-40-32-30-28-26-24-22-20-18-16-14-12-10-8-6-4-2/h31,33,35-36,60,62,71-74,77-80H,3-30,32,34,37-59,61,63-70H2,1-2H3,(H,76,81)/b33-31-,36-35-,62-60+. The van der Waals surface area contributed by atoms with Crippen molar-refractivity contribution < 1.29 is 25.2 Å². The van der Waals surface area contributed by atoms with Gasteiger partial charge in [0.25, 0.3) is 0 Å². The van der Waals surface area contributed by atoms with Crippen LogP contribution in [0.4, 0.5) is 0 Å². The van der Waals surface area contributed by atoms with Crippen molar-refractivity contribution in [3.63, 3.8) is 0 Å². The highest BCUT2D eigenvalue weighted by Crippen LogP contribution is 2.20. The van der Waals surface area contributed by atoms with Crippen LogP contribution in [0.25, 0.3) is 0 Å². The van der Waals surface area contributed by atoms with Gasteiger partial charge < -0.3 is 25.7 Å². The summed E-state index contributed by atoms with van der Waals surface area (Å²) in [5.74, 6) is -0.587. The molecular formula is C75H145NO5. The largest absolute Gasteiger partial charge is 0.394 e. The summed E-state index contributed by atoms with van der Waals surface area (Å²) in [6, 6.07) is -1.00. The number of hydrogen-bond acceptors (Lipinski definition) is 5. The summed E-state index contributed by atoms with van der Waals surface area (Å²) in [4.78, 5) is 12.7. The average Bonchev–Trinajstić information content (AvgIpc) is 3.47. The number of unbranched alkanes of at least 4 members (excludes halogenated alkanes) is 54. The molecule has 1 amide bonds. The molecule has 0 aromatic carbocycles. The lowest BCUT2D eigenvalue weighted by Gasteiger charge is -2.27. The molecule has 6 heteroatoms. The first-order valence-corrected chi connectivity index (χ1v) is 36.9. The molecule has 0 aromatic rings. The van der Waals surface area contributed by atoms with E-state index in [9.17, 15) is 25.2 Å². The number of amides is 1. The van der Waals surface area contributed by atoms with Gasteiger partial charge in [0.15, 0.2) is 0 Å². The van der Waals surface area contributed by atoms with Crippen molar-refractivity contribution in [3.05, 3.63) is 36.5 Å². The first kappa shape index (κ1) is 79.5. The molecule has 0 heterocycles. The Labute approximate surface area is 507 Å². The Hall–Kier alpha value is -1.47. The Kier molecular flexibility index (Phi) is 68.0. The van der Waals surface area contributed by atoms with E-state index in [1.807, 2.05) is 0 Å². The molecule has 81 heavy (non-hydrogen) atoms. The minimum absolute atomic E-state index is 0.365. The van der Waals surface area contributed by atoms with Crippen molar-refractivity contribution in [3.8, 4) is 0 Å². The number of allylic oxidation sites excluding steroid dienone is 6. The van der Waals surface area contributed by atoms with Crippen molar-refractivity contribution in [1.29, 1.82) is 0 Å². The van der Waals surface area contributed by atoms with Crippen LogP contribution in [0.1, 0.15) is 406 Å². The Morgan fingerprint density at radius 1 is 0.309 bits per heavy atom. The fourth-order valence-electron chi connectivity index (χ4n) is 11.9. The van der Waals surface area contributed by atoms with Gasteiger partial charge in [-0.25, -0.2) is 0 Å². The Morgan fingerprint density at radius 2 is 0.543 bits per heavy atom. The predicted octanol–water partition coefficient (Wildman–Crippen LogP) is 23.1. The van der Waals surface area contributed by atoms with Crippen molar-refractivity contribution in [2.24, 2.45) is 0 Å². The lowest BCUT2D eigenvalue weighted by Crippen LogP contribution is -2.53. The zero-order valence-corrected chi connectivity index (χ0v) is 54.8. The van der Waals surface area contributed by atoms with Gasteiger partial charge in [-0.1, -0.05) is 371 Å². The monoisotopic (exact) mass is 1140 g/mol. The van der Waals surface area contributed by atoms with E-state index in [1.54, 1.807) is 0 Å². The first-order chi connectivity index (χ1) is 40.0. The van der Waals surface area contributed by atoms with Gasteiger partial charge in [0.2, 0.25) is 5.91 Å². The van der Waals surface area contributed by atoms with E-state index in [0.29, 0.717) is 12.8 Å². The van der Waals surface area contributed by atoms with Crippen LogP contribution in [-0.2, 0) is 4.79 Å². The van der Waals surface area contributed by atoms with Gasteiger partial charge in [0.1, 0.15) is 12.2 Å². The number of carbonyl (C=O) groups excluding carboxylic acids is 1. The minimum Gasteiger partial charge on any atom is -0.394 e. The molecule has 0 aromatic heterocycles. The van der Waals surface area contributed by atoms with E-state index in [2.05, 4.69) is 55.6 Å². The van der Waals surface area contributed by atoms with Crippen LogP contribution in [0.3, 0.4) is 0 Å². The smallest absolute Gasteiger partial charge is 0.249 e. The molecule has 480 valence electrons. The first-order valence-electron chi connectivity index (χ1n) is 36.9. The molecule has 0 saturated heterocycles. The molecule has 6 nitrogen and oxygen atoms in total. The second-order valence-electron chi connectivity index (χ2n) is 25.6. The molecular weight excluding hydrogens is 995 g/mol. The third kappa shape index (κ3) is 62.9. The Balaban J connectivity index is 3.55. The second kappa shape index (κ2) is 69.3. The summed E-state index contributed by atoms with van der Waals surface area (Å²) >= 11 is 0. The van der Waals surface area contributed by atoms with Gasteiger partial charge in [0, 0.05) is 0 Å². The lowest BCUT2D eigenvalue weighted by atomic mass is 10.00. The molecule has 0 saturated carbocycles. The number of nitrogens with one attached hydrogen (secondary N) is 1. The average molecular weight is 1140 g/mol. The fourth-order valence-corrected chi connectivity index (χ4v) is 11.9. The molecule has 4 unspecified atom stereocenters. The number of rotatable bonds is 69. The molecule has 0 radical (unpaired) electrons. The zero-order chi connectivity index (χ0) is 58.7. The van der Waals surface area contributed by atoms with Gasteiger partial charge >= 0.3 is 0 Å². The molecule has 0 aliphatic carbocycles. The summed E-state index contributed by atoms with van der Waals surface area (Å²) < 4.78 is 0. The van der Waals surface area contributed by atoms with Gasteiger partial charge in [-0.15, -0.1) is 0 Å². The van der Waals surface area contributed by atoms with E-state index in [4.69, 9.17) is 0 Å². The Bertz CT molecular complexity index is 1280. The van der Waals surface area contributed by atoms with Crippen LogP contribution in [0.15, 0.2) is 36.5 Å². The molecule has 4 atom stereocenters. The van der Waals surface area contributed by atoms with Crippen molar-refractivity contribution in [2.75, 3.05) is 6.61 Å². The van der Waals surface area contributed by atoms with Crippen LogP contribution >= 0.6 is 0 Å². The third-order valence-corrected chi connectivity index (χ3v) is 17.6. The topological polar surface area (TPSA) is 110 Å². The fraction of sp³-hybridized carbons (Fsp3) is 0.907. The highest BCUT2D eigenvalue weighted by Gasteiger charge is 2.28. The van der Waals surface area contributed by atoms with E-state index >= 15 is 0 Å². The van der Waals surface area contributed by atoms with Gasteiger partial charge in [0.05, 0.1) is 18.8 Å². The van der Waals surface area contributed by atoms with Crippen LogP contribution in [-0.4, -0.2) is 57.3 Å². The Morgan fingerprint density at radius 3 is 0.815 bits per heavy atom. The highest BCUT2D eigenvalue weighted by atomic mass is 16.3. The van der Waals surface area contributed by atoms with Crippen molar-refractivity contribution >= 4 is 5.91 Å². The second-order valence-corrected chi connectivity index (χ2v) is 25.6. The minimum atomic E-state index is -1.28. The molecule has 5 N–H and O–H groups in total. The van der Waals surface area contributed by atoms with E-state index in [0.717, 1.165) is 44.9 Å². The van der Waals surface area contributed by atoms with Crippen LogP contribution in [0.5, 0.6) is 0 Å².